The van der Waals surface area contributed by atoms with Crippen molar-refractivity contribution < 1.29 is 14.7 Å². The molecule has 15 heavy (non-hydrogen) atoms. The Labute approximate surface area is 90.1 Å². The molecule has 1 atom stereocenters. The lowest BCUT2D eigenvalue weighted by Crippen LogP contribution is -2.46. The summed E-state index contributed by atoms with van der Waals surface area (Å²) >= 11 is 0. The third-order valence-electron chi connectivity index (χ3n) is 2.42. The van der Waals surface area contributed by atoms with Crippen molar-refractivity contribution in [2.45, 2.75) is 39.7 Å². The lowest BCUT2D eigenvalue weighted by molar-refractivity contribution is -0.143. The molecule has 0 spiro atoms. The van der Waals surface area contributed by atoms with E-state index < -0.39 is 17.4 Å². The third kappa shape index (κ3) is 4.03. The highest BCUT2D eigenvalue weighted by molar-refractivity contribution is 5.87. The Morgan fingerprint density at radius 2 is 2.07 bits per heavy atom. The predicted octanol–water partition coefficient (Wildman–Crippen LogP) is 1.02. The topological polar surface area (TPSA) is 66.4 Å². The number of terminal acetylenes is 1. The van der Waals surface area contributed by atoms with Crippen LogP contribution < -0.4 is 5.32 Å². The summed E-state index contributed by atoms with van der Waals surface area (Å²) in [6.07, 6.45) is 5.66. The molecule has 0 heterocycles. The molecule has 4 heteroatoms. The summed E-state index contributed by atoms with van der Waals surface area (Å²) < 4.78 is 0. The highest BCUT2D eigenvalue weighted by atomic mass is 16.4. The van der Waals surface area contributed by atoms with Crippen molar-refractivity contribution in [2.75, 3.05) is 0 Å². The van der Waals surface area contributed by atoms with Gasteiger partial charge in [0, 0.05) is 11.8 Å². The number of carboxylic acid groups (broad SMARTS) is 1. The molecule has 4 nitrogen and oxygen atoms in total. The molecule has 0 bridgehead atoms. The lowest BCUT2D eigenvalue weighted by Gasteiger charge is -2.23. The van der Waals surface area contributed by atoms with Gasteiger partial charge in [-0.2, -0.15) is 0 Å². The van der Waals surface area contributed by atoms with Gasteiger partial charge in [0.25, 0.3) is 0 Å². The molecule has 0 radical (unpaired) electrons. The Morgan fingerprint density at radius 3 is 2.40 bits per heavy atom. The van der Waals surface area contributed by atoms with E-state index >= 15 is 0 Å². The van der Waals surface area contributed by atoms with Gasteiger partial charge >= 0.3 is 5.97 Å². The molecule has 2 N–H and O–H groups in total. The lowest BCUT2D eigenvalue weighted by atomic mass is 9.89. The van der Waals surface area contributed by atoms with Crippen molar-refractivity contribution in [3.05, 3.63) is 0 Å². The fraction of sp³-hybridized carbons (Fsp3) is 0.636. The first-order chi connectivity index (χ1) is 6.85. The van der Waals surface area contributed by atoms with E-state index in [1.807, 2.05) is 6.92 Å². The van der Waals surface area contributed by atoms with Gasteiger partial charge in [0.2, 0.25) is 5.91 Å². The average Bonchev–Trinajstić information content (AvgIpc) is 2.16. The first-order valence-electron chi connectivity index (χ1n) is 4.82. The molecular weight excluding hydrogens is 194 g/mol. The second kappa shape index (κ2) is 5.40. The maximum Gasteiger partial charge on any atom is 0.327 e. The Hall–Kier alpha value is -1.50. The van der Waals surface area contributed by atoms with Crippen LogP contribution in [0.3, 0.4) is 0 Å². The van der Waals surface area contributed by atoms with Crippen molar-refractivity contribution in [3.63, 3.8) is 0 Å². The molecular formula is C11H17NO3. The van der Waals surface area contributed by atoms with Gasteiger partial charge in [0.15, 0.2) is 0 Å². The van der Waals surface area contributed by atoms with Gasteiger partial charge in [0.05, 0.1) is 0 Å². The number of carbonyl (C=O) groups is 2. The summed E-state index contributed by atoms with van der Waals surface area (Å²) in [5.41, 5.74) is -0.567. The normalized spacial score (nSPS) is 12.7. The summed E-state index contributed by atoms with van der Waals surface area (Å²) in [5, 5.41) is 11.2. The Bertz CT molecular complexity index is 289. The van der Waals surface area contributed by atoms with Gasteiger partial charge < -0.3 is 10.4 Å². The average molecular weight is 211 g/mol. The second-order valence-electron chi connectivity index (χ2n) is 4.01. The molecule has 0 aliphatic heterocycles. The molecule has 0 aromatic heterocycles. The van der Waals surface area contributed by atoms with Crippen molar-refractivity contribution in [1.29, 1.82) is 0 Å². The Balaban J connectivity index is 4.50. The number of amides is 1. The van der Waals surface area contributed by atoms with E-state index in [1.54, 1.807) is 13.8 Å². The van der Waals surface area contributed by atoms with Gasteiger partial charge in [-0.15, -0.1) is 12.3 Å². The number of carboxylic acids is 1. The first-order valence-corrected chi connectivity index (χ1v) is 4.82. The number of hydrogen-bond donors (Lipinski definition) is 2. The number of aliphatic carboxylic acids is 1. The summed E-state index contributed by atoms with van der Waals surface area (Å²) in [4.78, 5) is 22.4. The molecule has 0 fully saturated rings. The highest BCUT2D eigenvalue weighted by Gasteiger charge is 2.29. The van der Waals surface area contributed by atoms with E-state index in [0.717, 1.165) is 0 Å². The molecule has 1 amide bonds. The molecule has 0 aromatic carbocycles. The van der Waals surface area contributed by atoms with Gasteiger partial charge in [-0.25, -0.2) is 4.79 Å². The highest BCUT2D eigenvalue weighted by Crippen LogP contribution is 2.19. The second-order valence-corrected chi connectivity index (χ2v) is 4.01. The SMILES string of the molecule is C#CCC(NC(=O)C(C)(C)CC)C(=O)O. The van der Waals surface area contributed by atoms with Crippen LogP contribution in [0.15, 0.2) is 0 Å². The van der Waals surface area contributed by atoms with Crippen LogP contribution in [0.2, 0.25) is 0 Å². The zero-order valence-corrected chi connectivity index (χ0v) is 9.33. The van der Waals surface area contributed by atoms with E-state index in [9.17, 15) is 9.59 Å². The van der Waals surface area contributed by atoms with Gasteiger partial charge in [0.1, 0.15) is 6.04 Å². The van der Waals surface area contributed by atoms with E-state index in [0.29, 0.717) is 6.42 Å². The minimum atomic E-state index is -1.10. The zero-order valence-electron chi connectivity index (χ0n) is 9.33. The molecule has 0 aliphatic carbocycles. The first kappa shape index (κ1) is 13.5. The minimum absolute atomic E-state index is 0.000861. The fourth-order valence-electron chi connectivity index (χ4n) is 0.832. The molecule has 0 rings (SSSR count). The van der Waals surface area contributed by atoms with E-state index in [-0.39, 0.29) is 12.3 Å². The number of rotatable bonds is 5. The van der Waals surface area contributed by atoms with Crippen LogP contribution in [-0.4, -0.2) is 23.0 Å². The Kier molecular flexibility index (Phi) is 4.86. The summed E-state index contributed by atoms with van der Waals surface area (Å²) in [5.74, 6) is 0.840. The molecule has 84 valence electrons. The van der Waals surface area contributed by atoms with Crippen molar-refractivity contribution in [3.8, 4) is 12.3 Å². The number of carbonyl (C=O) groups excluding carboxylic acids is 1. The van der Waals surface area contributed by atoms with Gasteiger partial charge in [-0.3, -0.25) is 4.79 Å². The smallest absolute Gasteiger partial charge is 0.327 e. The largest absolute Gasteiger partial charge is 0.480 e. The van der Waals surface area contributed by atoms with Crippen LogP contribution in [0, 0.1) is 17.8 Å². The summed E-state index contributed by atoms with van der Waals surface area (Å²) in [7, 11) is 0. The standard InChI is InChI=1S/C11H17NO3/c1-5-7-8(9(13)14)12-10(15)11(3,4)6-2/h1,8H,6-7H2,2-4H3,(H,12,15)(H,13,14). The van der Waals surface area contributed by atoms with Crippen LogP contribution in [0.5, 0.6) is 0 Å². The van der Waals surface area contributed by atoms with Crippen LogP contribution >= 0.6 is 0 Å². The minimum Gasteiger partial charge on any atom is -0.480 e. The quantitative estimate of drug-likeness (QED) is 0.667. The summed E-state index contributed by atoms with van der Waals surface area (Å²) in [6.45, 7) is 5.39. The maximum absolute atomic E-state index is 11.6. The van der Waals surface area contributed by atoms with Crippen LogP contribution in [0.1, 0.15) is 33.6 Å². The van der Waals surface area contributed by atoms with Crippen LogP contribution in [0.4, 0.5) is 0 Å². The van der Waals surface area contributed by atoms with E-state index in [1.165, 1.54) is 0 Å². The molecule has 0 aromatic rings. The zero-order chi connectivity index (χ0) is 12.1. The third-order valence-corrected chi connectivity index (χ3v) is 2.42. The van der Waals surface area contributed by atoms with E-state index in [2.05, 4.69) is 11.2 Å². The molecule has 1 unspecified atom stereocenters. The molecule has 0 saturated heterocycles. The monoisotopic (exact) mass is 211 g/mol. The maximum atomic E-state index is 11.6. The predicted molar refractivity (Wildman–Crippen MR) is 57.1 cm³/mol. The molecule has 0 aliphatic rings. The molecule has 0 saturated carbocycles. The number of hydrogen-bond acceptors (Lipinski definition) is 2. The van der Waals surface area contributed by atoms with Crippen molar-refractivity contribution in [2.24, 2.45) is 5.41 Å². The fourth-order valence-corrected chi connectivity index (χ4v) is 0.832. The van der Waals surface area contributed by atoms with Crippen LogP contribution in [0.25, 0.3) is 0 Å². The Morgan fingerprint density at radius 1 is 1.53 bits per heavy atom. The summed E-state index contributed by atoms with van der Waals surface area (Å²) in [6, 6.07) is -0.992. The van der Waals surface area contributed by atoms with Crippen LogP contribution in [-0.2, 0) is 9.59 Å². The van der Waals surface area contributed by atoms with Gasteiger partial charge in [-0.05, 0) is 6.42 Å². The van der Waals surface area contributed by atoms with E-state index in [4.69, 9.17) is 11.5 Å². The van der Waals surface area contributed by atoms with Crippen molar-refractivity contribution in [1.82, 2.24) is 5.32 Å². The van der Waals surface area contributed by atoms with Gasteiger partial charge in [-0.1, -0.05) is 20.8 Å². The number of nitrogens with one attached hydrogen (secondary N) is 1. The van der Waals surface area contributed by atoms with Crippen molar-refractivity contribution >= 4 is 11.9 Å².